The number of nitrogens with zero attached hydrogens (tertiary/aromatic N) is 1. The smallest absolute Gasteiger partial charge is 0.343 e. The molecule has 3 rings (SSSR count). The Balaban J connectivity index is 2.36. The summed E-state index contributed by atoms with van der Waals surface area (Å²) in [5.41, 5.74) is 6.19. The predicted molar refractivity (Wildman–Crippen MR) is 96.3 cm³/mol. The van der Waals surface area contributed by atoms with E-state index in [2.05, 4.69) is 15.9 Å². The lowest BCUT2D eigenvalue weighted by atomic mass is 9.84. The monoisotopic (exact) mass is 418 g/mol. The molecule has 0 bridgehead atoms. The van der Waals surface area contributed by atoms with Crippen LogP contribution in [0.4, 0.5) is 0 Å². The van der Waals surface area contributed by atoms with E-state index in [9.17, 15) is 10.1 Å². The Morgan fingerprint density at radius 1 is 1.23 bits per heavy atom. The number of rotatable bonds is 3. The number of aryl methyl sites for hydroxylation is 1. The molecular weight excluding hydrogens is 404 g/mol. The molecule has 0 radical (unpaired) electrons. The molecule has 8 heteroatoms. The first-order valence-corrected chi connectivity index (χ1v) is 8.34. The van der Waals surface area contributed by atoms with Crippen molar-refractivity contribution in [1.29, 1.82) is 5.26 Å². The lowest BCUT2D eigenvalue weighted by molar-refractivity contribution is 0.366. The summed E-state index contributed by atoms with van der Waals surface area (Å²) < 4.78 is 22.1. The van der Waals surface area contributed by atoms with Crippen LogP contribution in [-0.2, 0) is 0 Å². The zero-order valence-electron chi connectivity index (χ0n) is 14.3. The lowest BCUT2D eigenvalue weighted by Gasteiger charge is -2.26. The molecule has 2 N–H and O–H groups in total. The van der Waals surface area contributed by atoms with Crippen LogP contribution in [0.15, 0.2) is 43.3 Å². The quantitative estimate of drug-likeness (QED) is 0.815. The van der Waals surface area contributed by atoms with Crippen molar-refractivity contribution in [3.8, 4) is 23.3 Å². The molecule has 0 amide bonds. The molecule has 0 saturated carbocycles. The van der Waals surface area contributed by atoms with Crippen LogP contribution in [0.1, 0.15) is 22.8 Å². The number of halogens is 1. The fourth-order valence-corrected chi connectivity index (χ4v) is 3.46. The summed E-state index contributed by atoms with van der Waals surface area (Å²) in [7, 11) is 3.02. The van der Waals surface area contributed by atoms with Crippen molar-refractivity contribution >= 4 is 15.9 Å². The third kappa shape index (κ3) is 2.80. The summed E-state index contributed by atoms with van der Waals surface area (Å²) in [5, 5.41) is 9.62. The maximum absolute atomic E-state index is 12.5. The third-order valence-corrected chi connectivity index (χ3v) is 4.69. The number of hydrogen-bond acceptors (Lipinski definition) is 7. The van der Waals surface area contributed by atoms with Gasteiger partial charge in [-0.2, -0.15) is 5.26 Å². The van der Waals surface area contributed by atoms with E-state index in [0.29, 0.717) is 27.3 Å². The van der Waals surface area contributed by atoms with Gasteiger partial charge in [-0.1, -0.05) is 0 Å². The van der Waals surface area contributed by atoms with Crippen molar-refractivity contribution in [2.75, 3.05) is 14.2 Å². The van der Waals surface area contributed by atoms with E-state index in [1.54, 1.807) is 25.1 Å². The van der Waals surface area contributed by atoms with Gasteiger partial charge in [0, 0.05) is 17.7 Å². The number of ether oxygens (including phenoxy) is 3. The number of hydrogen-bond donors (Lipinski definition) is 1. The van der Waals surface area contributed by atoms with Gasteiger partial charge in [-0.05, 0) is 28.9 Å². The van der Waals surface area contributed by atoms with Crippen LogP contribution in [-0.4, -0.2) is 14.2 Å². The zero-order chi connectivity index (χ0) is 19.0. The highest BCUT2D eigenvalue weighted by Crippen LogP contribution is 2.46. The van der Waals surface area contributed by atoms with E-state index >= 15 is 0 Å². The lowest BCUT2D eigenvalue weighted by Crippen LogP contribution is -2.26. The van der Waals surface area contributed by atoms with Crippen LogP contribution in [0.2, 0.25) is 0 Å². The molecule has 134 valence electrons. The Morgan fingerprint density at radius 2 is 1.92 bits per heavy atom. The number of benzene rings is 1. The zero-order valence-corrected chi connectivity index (χ0v) is 15.8. The van der Waals surface area contributed by atoms with E-state index in [4.69, 9.17) is 24.4 Å². The second-order valence-electron chi connectivity index (χ2n) is 5.58. The summed E-state index contributed by atoms with van der Waals surface area (Å²) in [6.07, 6.45) is 0. The molecule has 0 unspecified atom stereocenters. The fourth-order valence-electron chi connectivity index (χ4n) is 2.94. The molecule has 1 aromatic heterocycles. The normalized spacial score (nSPS) is 15.7. The average Bonchev–Trinajstić information content (AvgIpc) is 2.60. The molecule has 26 heavy (non-hydrogen) atoms. The molecule has 0 saturated heterocycles. The van der Waals surface area contributed by atoms with Gasteiger partial charge >= 0.3 is 5.63 Å². The molecule has 0 spiro atoms. The number of nitriles is 1. The molecular formula is C18H15BrN2O5. The summed E-state index contributed by atoms with van der Waals surface area (Å²) in [5.74, 6) is 0.757. The van der Waals surface area contributed by atoms with E-state index in [-0.39, 0.29) is 22.8 Å². The van der Waals surface area contributed by atoms with Gasteiger partial charge in [0.2, 0.25) is 5.88 Å². The first-order valence-electron chi connectivity index (χ1n) is 7.54. The van der Waals surface area contributed by atoms with Crippen molar-refractivity contribution < 1.29 is 18.6 Å². The van der Waals surface area contributed by atoms with Gasteiger partial charge in [0.1, 0.15) is 34.7 Å². The standard InChI is InChI=1S/C18H15BrN2O5/c1-8-4-14-16(18(22)25-8)15(10(7-20)17(21)26-14)9-5-11(19)13(24-3)6-12(9)23-2/h4-6,15H,21H2,1-3H3/t15-/m0/s1. The van der Waals surface area contributed by atoms with E-state index in [1.807, 2.05) is 6.07 Å². The predicted octanol–water partition coefficient (Wildman–Crippen LogP) is 2.95. The number of nitrogens with two attached hydrogens (primary N) is 1. The highest BCUT2D eigenvalue weighted by Gasteiger charge is 2.36. The Labute approximate surface area is 157 Å². The molecule has 7 nitrogen and oxygen atoms in total. The summed E-state index contributed by atoms with van der Waals surface area (Å²) in [6, 6.07) is 6.98. The van der Waals surface area contributed by atoms with E-state index < -0.39 is 11.5 Å². The van der Waals surface area contributed by atoms with E-state index in [0.717, 1.165) is 0 Å². The van der Waals surface area contributed by atoms with Crippen molar-refractivity contribution in [3.05, 3.63) is 61.4 Å². The van der Waals surface area contributed by atoms with Crippen LogP contribution in [0.3, 0.4) is 0 Å². The highest BCUT2D eigenvalue weighted by molar-refractivity contribution is 9.10. The maximum atomic E-state index is 12.5. The second kappa shape index (κ2) is 6.77. The number of fused-ring (bicyclic) bond motifs is 1. The van der Waals surface area contributed by atoms with E-state index in [1.165, 1.54) is 14.2 Å². The topological polar surface area (TPSA) is 108 Å². The van der Waals surface area contributed by atoms with Gasteiger partial charge in [0.05, 0.1) is 30.2 Å². The first-order chi connectivity index (χ1) is 12.4. The Hall–Kier alpha value is -2.92. The Bertz CT molecular complexity index is 1020. The number of methoxy groups -OCH3 is 2. The van der Waals surface area contributed by atoms with Gasteiger partial charge in [0.15, 0.2) is 0 Å². The van der Waals surface area contributed by atoms with Crippen molar-refractivity contribution in [3.63, 3.8) is 0 Å². The first kappa shape index (κ1) is 17.9. The molecule has 1 aliphatic heterocycles. The molecule has 1 atom stereocenters. The van der Waals surface area contributed by atoms with Crippen molar-refractivity contribution in [2.24, 2.45) is 5.73 Å². The minimum absolute atomic E-state index is 0.0657. The van der Waals surface area contributed by atoms with Gasteiger partial charge in [-0.25, -0.2) is 4.79 Å². The molecule has 1 aromatic carbocycles. The van der Waals surface area contributed by atoms with Gasteiger partial charge in [0.25, 0.3) is 0 Å². The Morgan fingerprint density at radius 3 is 2.54 bits per heavy atom. The summed E-state index contributed by atoms with van der Waals surface area (Å²) >= 11 is 3.42. The van der Waals surface area contributed by atoms with Crippen molar-refractivity contribution in [1.82, 2.24) is 0 Å². The molecule has 0 fully saturated rings. The second-order valence-corrected chi connectivity index (χ2v) is 6.43. The fraction of sp³-hybridized carbons (Fsp3) is 0.222. The van der Waals surface area contributed by atoms with Crippen LogP contribution in [0.5, 0.6) is 17.2 Å². The SMILES string of the molecule is COc1cc(OC)c([C@H]2C(C#N)=C(N)Oc3cc(C)oc(=O)c32)cc1Br. The molecule has 2 heterocycles. The van der Waals surface area contributed by atoms with Gasteiger partial charge in [-0.3, -0.25) is 0 Å². The van der Waals surface area contributed by atoms with Crippen molar-refractivity contribution in [2.45, 2.75) is 12.8 Å². The number of allylic oxidation sites excluding steroid dienone is 1. The molecule has 2 aromatic rings. The van der Waals surface area contributed by atoms with Crippen LogP contribution < -0.4 is 25.6 Å². The third-order valence-electron chi connectivity index (χ3n) is 4.07. The Kier molecular flexibility index (Phi) is 4.66. The largest absolute Gasteiger partial charge is 0.496 e. The molecule has 1 aliphatic rings. The van der Waals surface area contributed by atoms with Crippen LogP contribution >= 0.6 is 15.9 Å². The van der Waals surface area contributed by atoms with Gasteiger partial charge in [-0.15, -0.1) is 0 Å². The molecule has 0 aliphatic carbocycles. The average molecular weight is 419 g/mol. The van der Waals surface area contributed by atoms with Crippen LogP contribution in [0.25, 0.3) is 0 Å². The summed E-state index contributed by atoms with van der Waals surface area (Å²) in [4.78, 5) is 12.5. The highest BCUT2D eigenvalue weighted by atomic mass is 79.9. The van der Waals surface area contributed by atoms with Crippen LogP contribution in [0, 0.1) is 18.3 Å². The minimum Gasteiger partial charge on any atom is -0.496 e. The summed E-state index contributed by atoms with van der Waals surface area (Å²) in [6.45, 7) is 1.63. The maximum Gasteiger partial charge on any atom is 0.343 e. The van der Waals surface area contributed by atoms with Gasteiger partial charge < -0.3 is 24.4 Å². The minimum atomic E-state index is -0.794.